The molecular weight excluding hydrogens is 404 g/mol. The molecule has 3 rings (SSSR count). The Balaban J connectivity index is 1.58. The molecule has 0 fully saturated rings. The maximum atomic E-state index is 12.4. The van der Waals surface area contributed by atoms with Crippen molar-refractivity contribution >= 4 is 34.7 Å². The maximum Gasteiger partial charge on any atom is 0.230 e. The van der Waals surface area contributed by atoms with Crippen molar-refractivity contribution in [2.24, 2.45) is 0 Å². The van der Waals surface area contributed by atoms with E-state index in [2.05, 4.69) is 10.3 Å². The van der Waals surface area contributed by atoms with E-state index >= 15 is 0 Å². The number of methoxy groups -OCH3 is 2. The predicted molar refractivity (Wildman–Crippen MR) is 119 cm³/mol. The van der Waals surface area contributed by atoms with Crippen molar-refractivity contribution in [3.8, 4) is 11.5 Å². The lowest BCUT2D eigenvalue weighted by molar-refractivity contribution is -0.115. The Morgan fingerprint density at radius 1 is 1.14 bits per heavy atom. The molecule has 0 atom stereocenters. The quantitative estimate of drug-likeness (QED) is 0.497. The molecule has 0 spiro atoms. The minimum absolute atomic E-state index is 0.0573. The summed E-state index contributed by atoms with van der Waals surface area (Å²) in [7, 11) is 3.28. The Hall–Kier alpha value is -2.51. The molecule has 0 saturated carbocycles. The molecule has 29 heavy (non-hydrogen) atoms. The van der Waals surface area contributed by atoms with Gasteiger partial charge in [0, 0.05) is 22.9 Å². The number of thioether (sulfide) groups is 1. The van der Waals surface area contributed by atoms with Gasteiger partial charge in [0.25, 0.3) is 0 Å². The van der Waals surface area contributed by atoms with Crippen molar-refractivity contribution in [2.45, 2.75) is 30.4 Å². The fraction of sp³-hybridized carbons (Fsp3) is 0.273. The Morgan fingerprint density at radius 3 is 2.55 bits per heavy atom. The molecule has 5 nitrogen and oxygen atoms in total. The van der Waals surface area contributed by atoms with Crippen molar-refractivity contribution in [1.82, 2.24) is 4.98 Å². The summed E-state index contributed by atoms with van der Waals surface area (Å²) < 4.78 is 11.6. The van der Waals surface area contributed by atoms with Gasteiger partial charge in [0.05, 0.1) is 26.3 Å². The van der Waals surface area contributed by atoms with E-state index in [0.717, 1.165) is 49.7 Å². The lowest BCUT2D eigenvalue weighted by Gasteiger charge is -2.09. The van der Waals surface area contributed by atoms with E-state index in [1.165, 1.54) is 0 Å². The van der Waals surface area contributed by atoms with Crippen molar-refractivity contribution < 1.29 is 14.3 Å². The van der Waals surface area contributed by atoms with Gasteiger partial charge in [0.1, 0.15) is 15.8 Å². The van der Waals surface area contributed by atoms with Crippen LogP contribution >= 0.6 is 23.1 Å². The molecule has 0 aliphatic rings. The number of hydrogen-bond donors (Lipinski definition) is 1. The van der Waals surface area contributed by atoms with Gasteiger partial charge in [-0.1, -0.05) is 23.9 Å². The van der Waals surface area contributed by atoms with E-state index in [-0.39, 0.29) is 12.3 Å². The summed E-state index contributed by atoms with van der Waals surface area (Å²) in [6, 6.07) is 11.7. The molecule has 0 unspecified atom stereocenters. The molecule has 152 valence electrons. The molecule has 0 saturated heterocycles. The van der Waals surface area contributed by atoms with Gasteiger partial charge in [-0.05, 0) is 48.7 Å². The number of rotatable bonds is 8. The number of thiazole rings is 1. The van der Waals surface area contributed by atoms with Gasteiger partial charge in [-0.15, -0.1) is 11.3 Å². The molecule has 0 aliphatic carbocycles. The third kappa shape index (κ3) is 5.74. The highest BCUT2D eigenvalue weighted by atomic mass is 32.2. The topological polar surface area (TPSA) is 60.5 Å². The first-order chi connectivity index (χ1) is 14.0. The van der Waals surface area contributed by atoms with Crippen LogP contribution in [0.2, 0.25) is 0 Å². The summed E-state index contributed by atoms with van der Waals surface area (Å²) >= 11 is 3.18. The van der Waals surface area contributed by atoms with Gasteiger partial charge in [0.15, 0.2) is 0 Å². The van der Waals surface area contributed by atoms with E-state index in [0.29, 0.717) is 0 Å². The van der Waals surface area contributed by atoms with Crippen molar-refractivity contribution in [3.05, 3.63) is 64.2 Å². The van der Waals surface area contributed by atoms with Crippen molar-refractivity contribution in [2.75, 3.05) is 19.5 Å². The predicted octanol–water partition coefficient (Wildman–Crippen LogP) is 5.25. The molecule has 1 amide bonds. The number of aromatic nitrogens is 1. The SMILES string of the molecule is COc1cc(CSc2nc(CC(=O)Nc3cccc(C)c3C)cs2)cc(OC)c1. The van der Waals surface area contributed by atoms with Crippen LogP contribution in [0.1, 0.15) is 22.4 Å². The molecule has 3 aromatic rings. The molecule has 1 heterocycles. The second-order valence-electron chi connectivity index (χ2n) is 6.59. The second kappa shape index (κ2) is 9.80. The Labute approximate surface area is 179 Å². The maximum absolute atomic E-state index is 12.4. The van der Waals surface area contributed by atoms with Crippen LogP contribution in [0.25, 0.3) is 0 Å². The Kier molecular flexibility index (Phi) is 7.17. The van der Waals surface area contributed by atoms with Crippen molar-refractivity contribution in [1.29, 1.82) is 0 Å². The number of hydrogen-bond acceptors (Lipinski definition) is 6. The van der Waals surface area contributed by atoms with Crippen LogP contribution in [-0.4, -0.2) is 25.1 Å². The van der Waals surface area contributed by atoms with Crippen LogP contribution in [0.5, 0.6) is 11.5 Å². The molecule has 0 bridgehead atoms. The third-order valence-electron chi connectivity index (χ3n) is 4.52. The molecule has 0 radical (unpaired) electrons. The highest BCUT2D eigenvalue weighted by molar-refractivity contribution is 8.00. The zero-order chi connectivity index (χ0) is 20.8. The Morgan fingerprint density at radius 2 is 1.86 bits per heavy atom. The van der Waals surface area contributed by atoms with Crippen LogP contribution in [0, 0.1) is 13.8 Å². The Bertz CT molecular complexity index is 979. The highest BCUT2D eigenvalue weighted by Crippen LogP contribution is 2.30. The average molecular weight is 429 g/mol. The normalized spacial score (nSPS) is 10.6. The number of nitrogens with zero attached hydrogens (tertiary/aromatic N) is 1. The summed E-state index contributed by atoms with van der Waals surface area (Å²) in [5.74, 6) is 2.22. The first-order valence-electron chi connectivity index (χ1n) is 9.13. The van der Waals surface area contributed by atoms with E-state index in [1.807, 2.05) is 55.6 Å². The van der Waals surface area contributed by atoms with Crippen LogP contribution in [-0.2, 0) is 17.0 Å². The van der Waals surface area contributed by atoms with Gasteiger partial charge in [0.2, 0.25) is 5.91 Å². The first-order valence-corrected chi connectivity index (χ1v) is 11.0. The summed E-state index contributed by atoms with van der Waals surface area (Å²) in [6.45, 7) is 4.04. The standard InChI is InChI=1S/C22H24N2O3S2/c1-14-6-5-7-20(15(14)2)24-21(25)10-17-13-29-22(23-17)28-12-16-8-18(26-3)11-19(9-16)27-4/h5-9,11,13H,10,12H2,1-4H3,(H,24,25). The van der Waals surface area contributed by atoms with Crippen LogP contribution in [0.4, 0.5) is 5.69 Å². The summed E-state index contributed by atoms with van der Waals surface area (Å²) in [5.41, 5.74) is 4.97. The number of carbonyl (C=O) groups is 1. The van der Waals surface area contributed by atoms with Crippen LogP contribution in [0.3, 0.4) is 0 Å². The van der Waals surface area contributed by atoms with Gasteiger partial charge < -0.3 is 14.8 Å². The fourth-order valence-electron chi connectivity index (χ4n) is 2.78. The molecule has 0 aliphatic heterocycles. The van der Waals surface area contributed by atoms with Crippen LogP contribution in [0.15, 0.2) is 46.1 Å². The minimum Gasteiger partial charge on any atom is -0.497 e. The van der Waals surface area contributed by atoms with Gasteiger partial charge in [-0.3, -0.25) is 4.79 Å². The zero-order valence-electron chi connectivity index (χ0n) is 16.9. The second-order valence-corrected chi connectivity index (χ2v) is 8.67. The third-order valence-corrected chi connectivity index (χ3v) is 6.67. The summed E-state index contributed by atoms with van der Waals surface area (Å²) in [6.07, 6.45) is 0.261. The highest BCUT2D eigenvalue weighted by Gasteiger charge is 2.11. The van der Waals surface area contributed by atoms with Gasteiger partial charge in [-0.25, -0.2) is 4.98 Å². The van der Waals surface area contributed by atoms with E-state index in [4.69, 9.17) is 9.47 Å². The van der Waals surface area contributed by atoms with Crippen molar-refractivity contribution in [3.63, 3.8) is 0 Å². The molecule has 1 N–H and O–H groups in total. The largest absolute Gasteiger partial charge is 0.497 e. The zero-order valence-corrected chi connectivity index (χ0v) is 18.6. The molecule has 2 aromatic carbocycles. The minimum atomic E-state index is -0.0573. The number of anilines is 1. The lowest BCUT2D eigenvalue weighted by Crippen LogP contribution is -2.15. The summed E-state index contributed by atoms with van der Waals surface area (Å²) in [4.78, 5) is 17.0. The van der Waals surface area contributed by atoms with E-state index in [9.17, 15) is 4.79 Å². The van der Waals surface area contributed by atoms with E-state index < -0.39 is 0 Å². The molecule has 1 aromatic heterocycles. The number of benzene rings is 2. The lowest BCUT2D eigenvalue weighted by atomic mass is 10.1. The average Bonchev–Trinajstić information content (AvgIpc) is 3.16. The van der Waals surface area contributed by atoms with E-state index in [1.54, 1.807) is 37.3 Å². The number of ether oxygens (including phenoxy) is 2. The van der Waals surface area contributed by atoms with Crippen LogP contribution < -0.4 is 14.8 Å². The fourth-order valence-corrected chi connectivity index (χ4v) is 4.55. The smallest absolute Gasteiger partial charge is 0.230 e. The monoisotopic (exact) mass is 428 g/mol. The summed E-state index contributed by atoms with van der Waals surface area (Å²) in [5, 5.41) is 4.92. The number of nitrogens with one attached hydrogen (secondary N) is 1. The number of carbonyl (C=O) groups excluding carboxylic acids is 1. The van der Waals surface area contributed by atoms with Gasteiger partial charge >= 0.3 is 0 Å². The number of amides is 1. The first kappa shape index (κ1) is 21.2. The van der Waals surface area contributed by atoms with Gasteiger partial charge in [-0.2, -0.15) is 0 Å². The molecule has 7 heteroatoms. The molecular formula is C22H24N2O3S2. The number of aryl methyl sites for hydroxylation is 1.